The summed E-state index contributed by atoms with van der Waals surface area (Å²) in [6.45, 7) is 16.9. The molecule has 1 aliphatic rings. The van der Waals surface area contributed by atoms with Crippen LogP contribution in [0.4, 0.5) is 0 Å². The van der Waals surface area contributed by atoms with E-state index in [9.17, 15) is 5.11 Å². The van der Waals surface area contributed by atoms with E-state index in [0.717, 1.165) is 30.6 Å². The van der Waals surface area contributed by atoms with Gasteiger partial charge in [0.1, 0.15) is 12.2 Å². The second-order valence-corrected chi connectivity index (χ2v) is 11.6. The molecule has 0 aliphatic carbocycles. The fourth-order valence-corrected chi connectivity index (χ4v) is 4.56. The van der Waals surface area contributed by atoms with Crippen molar-refractivity contribution in [2.45, 2.75) is 137 Å². The normalized spacial score (nSPS) is 21.5. The zero-order chi connectivity index (χ0) is 24.7. The molecule has 0 bridgehead atoms. The van der Waals surface area contributed by atoms with Crippen molar-refractivity contribution < 1.29 is 19.3 Å². The topological polar surface area (TPSA) is 47.9 Å². The summed E-state index contributed by atoms with van der Waals surface area (Å²) in [5.41, 5.74) is 1.50. The highest BCUT2D eigenvalue weighted by Crippen LogP contribution is 2.24. The molecule has 0 amide bonds. The Morgan fingerprint density at radius 1 is 0.970 bits per heavy atom. The first-order chi connectivity index (χ1) is 15.6. The van der Waals surface area contributed by atoms with E-state index in [0.29, 0.717) is 19.8 Å². The van der Waals surface area contributed by atoms with Crippen molar-refractivity contribution in [2.75, 3.05) is 19.8 Å². The van der Waals surface area contributed by atoms with Gasteiger partial charge in [-0.25, -0.2) is 0 Å². The van der Waals surface area contributed by atoms with Gasteiger partial charge in [0.15, 0.2) is 5.79 Å². The molecule has 0 aromatic rings. The van der Waals surface area contributed by atoms with Crippen LogP contribution >= 0.6 is 0 Å². The molecule has 1 aliphatic heterocycles. The molecule has 0 aromatic carbocycles. The monoisotopic (exact) mass is 468 g/mol. The number of rotatable bonds is 19. The van der Waals surface area contributed by atoms with Crippen molar-refractivity contribution in [3.05, 3.63) is 11.6 Å². The zero-order valence-corrected chi connectivity index (χ0v) is 23.0. The van der Waals surface area contributed by atoms with Crippen molar-refractivity contribution in [1.82, 2.24) is 0 Å². The number of hydrogen-bond donors (Lipinski definition) is 1. The molecule has 4 atom stereocenters. The molecular weight excluding hydrogens is 412 g/mol. The molecule has 1 fully saturated rings. The Bertz CT molecular complexity index is 514. The molecule has 1 rings (SSSR count). The fourth-order valence-electron chi connectivity index (χ4n) is 4.56. The summed E-state index contributed by atoms with van der Waals surface area (Å²) in [5, 5.41) is 10.2. The first-order valence-electron chi connectivity index (χ1n) is 13.8. The maximum Gasteiger partial charge on any atom is 0.163 e. The Kier molecular flexibility index (Phi) is 15.8. The summed E-state index contributed by atoms with van der Waals surface area (Å²) in [7, 11) is 0. The molecule has 2 unspecified atom stereocenters. The highest BCUT2D eigenvalue weighted by Gasteiger charge is 2.36. The lowest BCUT2D eigenvalue weighted by Crippen LogP contribution is -2.34. The molecule has 0 spiro atoms. The van der Waals surface area contributed by atoms with Crippen LogP contribution in [0.1, 0.15) is 119 Å². The van der Waals surface area contributed by atoms with Gasteiger partial charge < -0.3 is 19.3 Å². The molecule has 1 heterocycles. The van der Waals surface area contributed by atoms with Gasteiger partial charge in [0.25, 0.3) is 0 Å². The van der Waals surface area contributed by atoms with Crippen LogP contribution in [-0.4, -0.2) is 42.9 Å². The molecule has 1 saturated heterocycles. The van der Waals surface area contributed by atoms with Gasteiger partial charge in [0, 0.05) is 6.61 Å². The molecule has 4 nitrogen and oxygen atoms in total. The van der Waals surface area contributed by atoms with Gasteiger partial charge in [-0.15, -0.1) is 0 Å². The number of hydrogen-bond acceptors (Lipinski definition) is 4. The summed E-state index contributed by atoms with van der Waals surface area (Å²) in [6, 6.07) is 0. The van der Waals surface area contributed by atoms with Gasteiger partial charge >= 0.3 is 0 Å². The fraction of sp³-hybridized carbons (Fsp3) is 0.931. The molecule has 0 aromatic heterocycles. The highest BCUT2D eigenvalue weighted by atomic mass is 16.7. The van der Waals surface area contributed by atoms with Crippen LogP contribution < -0.4 is 0 Å². The third kappa shape index (κ3) is 16.0. The lowest BCUT2D eigenvalue weighted by molar-refractivity contribution is -0.155. The Morgan fingerprint density at radius 3 is 2.15 bits per heavy atom. The third-order valence-electron chi connectivity index (χ3n) is 6.87. The number of allylic oxidation sites excluding steroid dienone is 2. The van der Waals surface area contributed by atoms with Gasteiger partial charge in [-0.05, 0) is 64.2 Å². The van der Waals surface area contributed by atoms with Gasteiger partial charge in [0.05, 0.1) is 13.2 Å². The number of ether oxygens (including phenoxy) is 3. The predicted molar refractivity (Wildman–Crippen MR) is 139 cm³/mol. The summed E-state index contributed by atoms with van der Waals surface area (Å²) in [4.78, 5) is 0. The van der Waals surface area contributed by atoms with Crippen molar-refractivity contribution in [3.63, 3.8) is 0 Å². The van der Waals surface area contributed by atoms with Crippen molar-refractivity contribution in [3.8, 4) is 0 Å². The molecule has 4 heteroatoms. The number of unbranched alkanes of at least 4 members (excludes halogenated alkanes) is 1. The van der Waals surface area contributed by atoms with Gasteiger partial charge in [-0.2, -0.15) is 0 Å². The Hall–Kier alpha value is -0.420. The van der Waals surface area contributed by atoms with Gasteiger partial charge in [-0.1, -0.05) is 84.3 Å². The van der Waals surface area contributed by atoms with E-state index in [1.165, 1.54) is 63.4 Å². The van der Waals surface area contributed by atoms with E-state index in [4.69, 9.17) is 14.2 Å². The Balaban J connectivity index is 1.98. The maximum atomic E-state index is 10.2. The average Bonchev–Trinajstić information content (AvgIpc) is 3.10. The van der Waals surface area contributed by atoms with Crippen LogP contribution in [0.3, 0.4) is 0 Å². The van der Waals surface area contributed by atoms with Gasteiger partial charge in [0.2, 0.25) is 0 Å². The van der Waals surface area contributed by atoms with Crippen LogP contribution in [0, 0.1) is 17.8 Å². The number of aliphatic hydroxyl groups is 1. The standard InChI is InChI=1S/C29H56O4/c1-23(2)13-10-15-25(4)17-12-19-26(5)18-11-16-24(3)14-8-9-20-31-21-27(30)28-22-32-29(6,7)33-28/h14,23,25-28,30H,8-13,15-22H2,1-7H3/t25?,26?,27-,28+/m1/s1. The van der Waals surface area contributed by atoms with E-state index in [1.54, 1.807) is 0 Å². The van der Waals surface area contributed by atoms with Crippen LogP contribution in [0.15, 0.2) is 11.6 Å². The van der Waals surface area contributed by atoms with Crippen LogP contribution in [0.25, 0.3) is 0 Å². The van der Waals surface area contributed by atoms with E-state index in [-0.39, 0.29) is 6.10 Å². The lowest BCUT2D eigenvalue weighted by Gasteiger charge is -2.20. The van der Waals surface area contributed by atoms with Crippen molar-refractivity contribution in [1.29, 1.82) is 0 Å². The Labute approximate surface area is 205 Å². The third-order valence-corrected chi connectivity index (χ3v) is 6.87. The van der Waals surface area contributed by atoms with Crippen molar-refractivity contribution >= 4 is 0 Å². The maximum absolute atomic E-state index is 10.2. The molecule has 33 heavy (non-hydrogen) atoms. The van der Waals surface area contributed by atoms with Gasteiger partial charge in [-0.3, -0.25) is 0 Å². The second-order valence-electron chi connectivity index (χ2n) is 11.6. The molecule has 0 saturated carbocycles. The summed E-state index contributed by atoms with van der Waals surface area (Å²) in [5.74, 6) is 1.99. The van der Waals surface area contributed by atoms with Crippen LogP contribution in [0.2, 0.25) is 0 Å². The molecule has 0 radical (unpaired) electrons. The zero-order valence-electron chi connectivity index (χ0n) is 23.0. The Morgan fingerprint density at radius 2 is 1.58 bits per heavy atom. The van der Waals surface area contributed by atoms with Crippen LogP contribution in [-0.2, 0) is 14.2 Å². The van der Waals surface area contributed by atoms with E-state index in [2.05, 4.69) is 40.7 Å². The average molecular weight is 469 g/mol. The highest BCUT2D eigenvalue weighted by molar-refractivity contribution is 4.97. The minimum Gasteiger partial charge on any atom is -0.388 e. The van der Waals surface area contributed by atoms with Crippen molar-refractivity contribution in [2.24, 2.45) is 17.8 Å². The molecule has 196 valence electrons. The minimum absolute atomic E-state index is 0.289. The first kappa shape index (κ1) is 30.6. The summed E-state index contributed by atoms with van der Waals surface area (Å²) < 4.78 is 16.8. The van der Waals surface area contributed by atoms with Crippen LogP contribution in [0.5, 0.6) is 0 Å². The summed E-state index contributed by atoms with van der Waals surface area (Å²) >= 11 is 0. The largest absolute Gasteiger partial charge is 0.388 e. The quantitative estimate of drug-likeness (QED) is 0.156. The van der Waals surface area contributed by atoms with E-state index < -0.39 is 11.9 Å². The van der Waals surface area contributed by atoms with E-state index >= 15 is 0 Å². The lowest BCUT2D eigenvalue weighted by atomic mass is 9.91. The minimum atomic E-state index is -0.626. The smallest absolute Gasteiger partial charge is 0.163 e. The van der Waals surface area contributed by atoms with E-state index in [1.807, 2.05) is 13.8 Å². The predicted octanol–water partition coefficient (Wildman–Crippen LogP) is 7.68. The molecular formula is C29H56O4. The summed E-state index contributed by atoms with van der Waals surface area (Å²) in [6.07, 6.45) is 15.7. The SMILES string of the molecule is CC(=CCCCOC[C@@H](O)[C@@H]1COC(C)(C)O1)CCCC(C)CCCC(C)CCCC(C)C. The molecule has 1 N–H and O–H groups in total. The second kappa shape index (κ2) is 17.1. The number of aliphatic hydroxyl groups excluding tert-OH is 1. The first-order valence-corrected chi connectivity index (χ1v) is 13.8.